The Bertz CT molecular complexity index is 583. The molecule has 0 saturated heterocycles. The highest BCUT2D eigenvalue weighted by Gasteiger charge is 2.29. The molecule has 1 N–H and O–H groups in total. The molecule has 1 saturated carbocycles. The van der Waals surface area contributed by atoms with Gasteiger partial charge < -0.3 is 5.32 Å². The van der Waals surface area contributed by atoms with Crippen molar-refractivity contribution in [2.24, 2.45) is 0 Å². The molecule has 0 aliphatic heterocycles. The molecule has 0 spiro atoms. The van der Waals surface area contributed by atoms with Gasteiger partial charge in [-0.3, -0.25) is 0 Å². The molecule has 112 valence electrons. The average molecular weight is 401 g/mol. The molecule has 2 unspecified atom stereocenters. The molecule has 2 rings (SSSR count). The molecule has 1 aromatic carbocycles. The number of anilines is 1. The highest BCUT2D eigenvalue weighted by Crippen LogP contribution is 2.36. The molecule has 1 fully saturated rings. The molecule has 1 aliphatic rings. The lowest BCUT2D eigenvalue weighted by Gasteiger charge is -2.30. The maximum atomic E-state index is 11.7. The van der Waals surface area contributed by atoms with Crippen LogP contribution in [0.1, 0.15) is 25.7 Å². The molecule has 3 nitrogen and oxygen atoms in total. The first-order chi connectivity index (χ1) is 9.27. The first-order valence-corrected chi connectivity index (χ1v) is 9.87. The van der Waals surface area contributed by atoms with Crippen LogP contribution < -0.4 is 5.32 Å². The van der Waals surface area contributed by atoms with Crippen LogP contribution in [0.4, 0.5) is 5.69 Å². The van der Waals surface area contributed by atoms with Gasteiger partial charge in [0.1, 0.15) is 9.84 Å². The molecule has 20 heavy (non-hydrogen) atoms. The SMILES string of the molecule is CS(=O)(=O)C1CCCC(Nc2c(Cl)cc(Br)cc2Cl)C1. The van der Waals surface area contributed by atoms with E-state index in [1.54, 1.807) is 12.1 Å². The average Bonchev–Trinajstić information content (AvgIpc) is 2.33. The lowest BCUT2D eigenvalue weighted by atomic mass is 9.95. The van der Waals surface area contributed by atoms with Crippen LogP contribution in [-0.2, 0) is 9.84 Å². The summed E-state index contributed by atoms with van der Waals surface area (Å²) in [5, 5.41) is 4.09. The summed E-state index contributed by atoms with van der Waals surface area (Å²) in [7, 11) is -2.99. The largest absolute Gasteiger partial charge is 0.380 e. The smallest absolute Gasteiger partial charge is 0.150 e. The number of hydrogen-bond donors (Lipinski definition) is 1. The van der Waals surface area contributed by atoms with E-state index in [1.807, 2.05) is 0 Å². The van der Waals surface area contributed by atoms with E-state index >= 15 is 0 Å². The van der Waals surface area contributed by atoms with Crippen LogP contribution in [0, 0.1) is 0 Å². The molecular formula is C13H16BrCl2NO2S. The third kappa shape index (κ3) is 4.03. The Morgan fingerprint density at radius 1 is 1.25 bits per heavy atom. The standard InChI is InChI=1S/C13H16BrCl2NO2S/c1-20(18,19)10-4-2-3-9(7-10)17-13-11(15)5-8(14)6-12(13)16/h5-6,9-10,17H,2-4,7H2,1H3. The molecule has 1 aromatic rings. The van der Waals surface area contributed by atoms with Crippen molar-refractivity contribution in [3.63, 3.8) is 0 Å². The minimum Gasteiger partial charge on any atom is -0.380 e. The predicted octanol–water partition coefficient (Wildman–Crippen LogP) is 4.52. The Kier molecular flexibility index (Phi) is 5.27. The predicted molar refractivity (Wildman–Crippen MR) is 88.7 cm³/mol. The molecule has 0 bridgehead atoms. The minimum atomic E-state index is -2.99. The van der Waals surface area contributed by atoms with Gasteiger partial charge in [0.25, 0.3) is 0 Å². The molecule has 7 heteroatoms. The van der Waals surface area contributed by atoms with E-state index in [2.05, 4.69) is 21.2 Å². The monoisotopic (exact) mass is 399 g/mol. The van der Waals surface area contributed by atoms with E-state index in [1.165, 1.54) is 6.26 Å². The molecule has 0 amide bonds. The molecule has 1 aliphatic carbocycles. The van der Waals surface area contributed by atoms with Gasteiger partial charge >= 0.3 is 0 Å². The van der Waals surface area contributed by atoms with Gasteiger partial charge in [-0.15, -0.1) is 0 Å². The summed E-state index contributed by atoms with van der Waals surface area (Å²) in [4.78, 5) is 0. The van der Waals surface area contributed by atoms with Crippen LogP contribution in [0.25, 0.3) is 0 Å². The van der Waals surface area contributed by atoms with E-state index in [0.29, 0.717) is 22.2 Å². The summed E-state index contributed by atoms with van der Waals surface area (Å²) in [6.45, 7) is 0. The Hall–Kier alpha value is 0.0300. The van der Waals surface area contributed by atoms with E-state index in [-0.39, 0.29) is 11.3 Å². The van der Waals surface area contributed by atoms with Crippen LogP contribution in [0.2, 0.25) is 10.0 Å². The van der Waals surface area contributed by atoms with Gasteiger partial charge in [0.15, 0.2) is 0 Å². The van der Waals surface area contributed by atoms with Crippen LogP contribution in [-0.4, -0.2) is 26.0 Å². The Balaban J connectivity index is 2.14. The number of hydrogen-bond acceptors (Lipinski definition) is 3. The molecule has 0 heterocycles. The lowest BCUT2D eigenvalue weighted by Crippen LogP contribution is -2.34. The van der Waals surface area contributed by atoms with Crippen molar-refractivity contribution in [1.82, 2.24) is 0 Å². The van der Waals surface area contributed by atoms with Crippen molar-refractivity contribution in [1.29, 1.82) is 0 Å². The van der Waals surface area contributed by atoms with Gasteiger partial charge in [-0.25, -0.2) is 8.42 Å². The lowest BCUT2D eigenvalue weighted by molar-refractivity contribution is 0.453. The van der Waals surface area contributed by atoms with Gasteiger partial charge in [0, 0.05) is 16.8 Å². The molecule has 0 aromatic heterocycles. The first-order valence-electron chi connectivity index (χ1n) is 6.37. The van der Waals surface area contributed by atoms with Gasteiger partial charge in [-0.2, -0.15) is 0 Å². The zero-order valence-corrected chi connectivity index (χ0v) is 14.9. The van der Waals surface area contributed by atoms with Crippen LogP contribution in [0.5, 0.6) is 0 Å². The van der Waals surface area contributed by atoms with Crippen LogP contribution in [0.15, 0.2) is 16.6 Å². The number of sulfone groups is 1. The molecule has 0 radical (unpaired) electrons. The maximum absolute atomic E-state index is 11.7. The Morgan fingerprint density at radius 2 is 1.85 bits per heavy atom. The van der Waals surface area contributed by atoms with Crippen molar-refractivity contribution in [2.45, 2.75) is 37.0 Å². The summed E-state index contributed by atoms with van der Waals surface area (Å²) in [5.74, 6) is 0. The topological polar surface area (TPSA) is 46.2 Å². The van der Waals surface area contributed by atoms with E-state index < -0.39 is 9.84 Å². The van der Waals surface area contributed by atoms with Crippen molar-refractivity contribution in [2.75, 3.05) is 11.6 Å². The fourth-order valence-electron chi connectivity index (χ4n) is 2.55. The summed E-state index contributed by atoms with van der Waals surface area (Å²) >= 11 is 15.7. The third-order valence-electron chi connectivity index (χ3n) is 3.59. The first kappa shape index (κ1) is 16.4. The number of nitrogens with one attached hydrogen (secondary N) is 1. The van der Waals surface area contributed by atoms with Gasteiger partial charge in [-0.05, 0) is 31.4 Å². The second-order valence-corrected chi connectivity index (χ2v) is 9.26. The summed E-state index contributed by atoms with van der Waals surface area (Å²) in [6.07, 6.45) is 4.45. The van der Waals surface area contributed by atoms with E-state index in [0.717, 1.165) is 23.7 Å². The fourth-order valence-corrected chi connectivity index (χ4v) is 5.04. The van der Waals surface area contributed by atoms with Gasteiger partial charge in [-0.1, -0.05) is 45.6 Å². The van der Waals surface area contributed by atoms with Gasteiger partial charge in [0.2, 0.25) is 0 Å². The van der Waals surface area contributed by atoms with Crippen molar-refractivity contribution >= 4 is 54.7 Å². The summed E-state index contributed by atoms with van der Waals surface area (Å²) in [5.41, 5.74) is 0.677. The van der Waals surface area contributed by atoms with E-state index in [9.17, 15) is 8.42 Å². The van der Waals surface area contributed by atoms with Crippen molar-refractivity contribution in [3.05, 3.63) is 26.7 Å². The normalized spacial score (nSPS) is 23.6. The summed E-state index contributed by atoms with van der Waals surface area (Å²) < 4.78 is 24.2. The highest BCUT2D eigenvalue weighted by molar-refractivity contribution is 9.10. The maximum Gasteiger partial charge on any atom is 0.150 e. The van der Waals surface area contributed by atoms with Crippen molar-refractivity contribution in [3.8, 4) is 0 Å². The van der Waals surface area contributed by atoms with Crippen LogP contribution >= 0.6 is 39.1 Å². The highest BCUT2D eigenvalue weighted by atomic mass is 79.9. The van der Waals surface area contributed by atoms with E-state index in [4.69, 9.17) is 23.2 Å². The molecule has 2 atom stereocenters. The fraction of sp³-hybridized carbons (Fsp3) is 0.538. The quantitative estimate of drug-likeness (QED) is 0.810. The Morgan fingerprint density at radius 3 is 2.40 bits per heavy atom. The second-order valence-electron chi connectivity index (χ2n) is 5.20. The molecular weight excluding hydrogens is 385 g/mol. The minimum absolute atomic E-state index is 0.0830. The van der Waals surface area contributed by atoms with Gasteiger partial charge in [0.05, 0.1) is 21.0 Å². The van der Waals surface area contributed by atoms with Crippen molar-refractivity contribution < 1.29 is 8.42 Å². The number of benzene rings is 1. The zero-order valence-electron chi connectivity index (χ0n) is 11.0. The number of halogens is 3. The Labute approximate surface area is 138 Å². The van der Waals surface area contributed by atoms with Crippen LogP contribution in [0.3, 0.4) is 0 Å². The third-order valence-corrected chi connectivity index (χ3v) is 6.28. The zero-order chi connectivity index (χ0) is 14.9. The number of rotatable bonds is 3. The summed E-state index contributed by atoms with van der Waals surface area (Å²) in [6, 6.07) is 3.62. The second kappa shape index (κ2) is 6.42.